The highest BCUT2D eigenvalue weighted by Gasteiger charge is 2.31. The number of fused-ring (bicyclic) bond motifs is 1. The highest BCUT2D eigenvalue weighted by molar-refractivity contribution is 7.83. The van der Waals surface area contributed by atoms with Gasteiger partial charge in [0.25, 0.3) is 5.91 Å². The van der Waals surface area contributed by atoms with Crippen LogP contribution in [0.2, 0.25) is 0 Å². The fourth-order valence-electron chi connectivity index (χ4n) is 2.81. The van der Waals surface area contributed by atoms with E-state index >= 15 is 0 Å². The molecule has 0 aliphatic carbocycles. The van der Waals surface area contributed by atoms with Gasteiger partial charge in [0.2, 0.25) is 0 Å². The maximum atomic E-state index is 12.9. The first-order chi connectivity index (χ1) is 10.8. The highest BCUT2D eigenvalue weighted by atomic mass is 32.3. The summed E-state index contributed by atoms with van der Waals surface area (Å²) in [5, 5.41) is 2.63. The lowest BCUT2D eigenvalue weighted by Crippen LogP contribution is -2.38. The number of carbonyl (C=O) groups excluding carboxylic acids is 2. The topological polar surface area (TPSA) is 92.8 Å². The number of nitrogens with zero attached hydrogens (tertiary/aromatic N) is 1. The highest BCUT2D eigenvalue weighted by Crippen LogP contribution is 2.31. The van der Waals surface area contributed by atoms with E-state index in [1.54, 1.807) is 18.2 Å². The second-order valence-electron chi connectivity index (χ2n) is 5.53. The standard InChI is InChI=1S/C14H15FN2O5S/c15-23(20,21)17-5-3-9(4-6-17)14(19)10-1-2-12-11(7-10)16-13(18)8-22-12/h1-2,7,9H,3-6,8H2,(H,16,18). The predicted octanol–water partition coefficient (Wildman–Crippen LogP) is 1.13. The molecule has 1 saturated heterocycles. The van der Waals surface area contributed by atoms with Gasteiger partial charge in [-0.3, -0.25) is 9.59 Å². The molecule has 1 aromatic rings. The number of halogens is 1. The predicted molar refractivity (Wildman–Crippen MR) is 79.2 cm³/mol. The van der Waals surface area contributed by atoms with Crippen molar-refractivity contribution in [2.24, 2.45) is 5.92 Å². The first-order valence-electron chi connectivity index (χ1n) is 7.15. The Morgan fingerprint density at radius 3 is 2.65 bits per heavy atom. The van der Waals surface area contributed by atoms with E-state index in [2.05, 4.69) is 5.32 Å². The lowest BCUT2D eigenvalue weighted by Gasteiger charge is -2.28. The van der Waals surface area contributed by atoms with E-state index in [9.17, 15) is 21.9 Å². The van der Waals surface area contributed by atoms with Crippen molar-refractivity contribution in [3.63, 3.8) is 0 Å². The molecule has 0 bridgehead atoms. The number of ketones is 1. The van der Waals surface area contributed by atoms with Crippen LogP contribution in [-0.4, -0.2) is 44.1 Å². The summed E-state index contributed by atoms with van der Waals surface area (Å²) in [5.41, 5.74) is 0.854. The molecule has 0 saturated carbocycles. The summed E-state index contributed by atoms with van der Waals surface area (Å²) in [6.07, 6.45) is 0.532. The molecule has 2 aliphatic heterocycles. The first kappa shape index (κ1) is 15.9. The lowest BCUT2D eigenvalue weighted by atomic mass is 9.89. The number of nitrogens with one attached hydrogen (secondary N) is 1. The number of anilines is 1. The third-order valence-corrected chi connectivity index (χ3v) is 5.01. The molecular weight excluding hydrogens is 327 g/mol. The maximum Gasteiger partial charge on any atom is 0.374 e. The molecule has 2 heterocycles. The Kier molecular flexibility index (Phi) is 4.07. The van der Waals surface area contributed by atoms with E-state index in [0.717, 1.165) is 4.31 Å². The number of benzene rings is 1. The Morgan fingerprint density at radius 1 is 1.30 bits per heavy atom. The zero-order chi connectivity index (χ0) is 16.6. The monoisotopic (exact) mass is 342 g/mol. The molecule has 1 N–H and O–H groups in total. The van der Waals surface area contributed by atoms with Crippen molar-refractivity contribution in [2.75, 3.05) is 25.0 Å². The quantitative estimate of drug-likeness (QED) is 0.656. The van der Waals surface area contributed by atoms with Crippen molar-refractivity contribution in [1.82, 2.24) is 4.31 Å². The number of carbonyl (C=O) groups is 2. The van der Waals surface area contributed by atoms with Crippen LogP contribution in [0.5, 0.6) is 5.75 Å². The average molecular weight is 342 g/mol. The van der Waals surface area contributed by atoms with Crippen LogP contribution >= 0.6 is 0 Å². The first-order valence-corrected chi connectivity index (χ1v) is 8.49. The number of hydrogen-bond acceptors (Lipinski definition) is 5. The number of amides is 1. The molecule has 0 spiro atoms. The van der Waals surface area contributed by atoms with Gasteiger partial charge in [-0.1, -0.05) is 3.89 Å². The van der Waals surface area contributed by atoms with Crippen molar-refractivity contribution in [2.45, 2.75) is 12.8 Å². The SMILES string of the molecule is O=C1COc2ccc(C(=O)C3CCN(S(=O)(=O)F)CC3)cc2N1. The van der Waals surface area contributed by atoms with Crippen molar-refractivity contribution >= 4 is 27.8 Å². The zero-order valence-electron chi connectivity index (χ0n) is 12.1. The second kappa shape index (κ2) is 5.89. The summed E-state index contributed by atoms with van der Waals surface area (Å²) in [5.74, 6) is -0.308. The summed E-state index contributed by atoms with van der Waals surface area (Å²) >= 11 is 0. The Morgan fingerprint density at radius 2 is 2.00 bits per heavy atom. The van der Waals surface area contributed by atoms with Crippen LogP contribution in [0.3, 0.4) is 0 Å². The van der Waals surface area contributed by atoms with Gasteiger partial charge in [-0.05, 0) is 31.0 Å². The Labute approximate surface area is 132 Å². The second-order valence-corrected chi connectivity index (χ2v) is 6.87. The van der Waals surface area contributed by atoms with Gasteiger partial charge in [0, 0.05) is 24.6 Å². The van der Waals surface area contributed by atoms with Crippen LogP contribution in [0.4, 0.5) is 9.57 Å². The third-order valence-electron chi connectivity index (χ3n) is 4.03. The minimum Gasteiger partial charge on any atom is -0.482 e. The van der Waals surface area contributed by atoms with Gasteiger partial charge in [-0.15, -0.1) is 0 Å². The normalized spacial score (nSPS) is 19.6. The zero-order valence-corrected chi connectivity index (χ0v) is 12.9. The van der Waals surface area contributed by atoms with Crippen molar-refractivity contribution < 1.29 is 26.6 Å². The molecule has 2 aliphatic rings. The fraction of sp³-hybridized carbons (Fsp3) is 0.429. The number of ether oxygens (including phenoxy) is 1. The molecule has 0 unspecified atom stereocenters. The molecule has 0 aromatic heterocycles. The molecular formula is C14H15FN2O5S. The Bertz CT molecular complexity index is 756. The van der Waals surface area contributed by atoms with Crippen LogP contribution in [0.25, 0.3) is 0 Å². The third kappa shape index (κ3) is 3.35. The van der Waals surface area contributed by atoms with Gasteiger partial charge in [0.15, 0.2) is 12.4 Å². The van der Waals surface area contributed by atoms with E-state index in [-0.39, 0.29) is 50.1 Å². The molecule has 9 heteroatoms. The van der Waals surface area contributed by atoms with Crippen LogP contribution < -0.4 is 10.1 Å². The van der Waals surface area contributed by atoms with Crippen LogP contribution in [0, 0.1) is 5.92 Å². The summed E-state index contributed by atoms with van der Waals surface area (Å²) in [6.45, 7) is -0.0868. The molecule has 0 radical (unpaired) electrons. The van der Waals surface area contributed by atoms with Crippen molar-refractivity contribution in [3.8, 4) is 5.75 Å². The summed E-state index contributed by atoms with van der Waals surface area (Å²) in [7, 11) is -4.70. The fourth-order valence-corrected chi connectivity index (χ4v) is 3.46. The Hall–Kier alpha value is -2.00. The van der Waals surface area contributed by atoms with E-state index in [4.69, 9.17) is 4.74 Å². The summed E-state index contributed by atoms with van der Waals surface area (Å²) in [6, 6.07) is 4.77. The molecule has 124 valence electrons. The molecule has 1 amide bonds. The van der Waals surface area contributed by atoms with Crippen molar-refractivity contribution in [1.29, 1.82) is 0 Å². The molecule has 7 nitrogen and oxygen atoms in total. The molecule has 1 fully saturated rings. The van der Waals surface area contributed by atoms with Crippen LogP contribution in [0.15, 0.2) is 18.2 Å². The van der Waals surface area contributed by atoms with Gasteiger partial charge in [0.05, 0.1) is 5.69 Å². The summed E-state index contributed by atoms with van der Waals surface area (Å²) in [4.78, 5) is 23.8. The van der Waals surface area contributed by atoms with Gasteiger partial charge in [-0.2, -0.15) is 12.7 Å². The smallest absolute Gasteiger partial charge is 0.374 e. The van der Waals surface area contributed by atoms with E-state index in [1.165, 1.54) is 0 Å². The minimum atomic E-state index is -4.70. The molecule has 23 heavy (non-hydrogen) atoms. The van der Waals surface area contributed by atoms with E-state index in [0.29, 0.717) is 17.0 Å². The largest absolute Gasteiger partial charge is 0.482 e. The minimum absolute atomic E-state index is 0.0139. The number of rotatable bonds is 3. The van der Waals surface area contributed by atoms with E-state index < -0.39 is 10.4 Å². The van der Waals surface area contributed by atoms with Gasteiger partial charge < -0.3 is 10.1 Å². The number of Topliss-reactive ketones (excluding diaryl/α,β-unsaturated/α-hetero) is 1. The lowest BCUT2D eigenvalue weighted by molar-refractivity contribution is -0.118. The van der Waals surface area contributed by atoms with E-state index in [1.807, 2.05) is 0 Å². The number of hydrogen-bond donors (Lipinski definition) is 1. The molecule has 0 atom stereocenters. The maximum absolute atomic E-state index is 12.9. The van der Waals surface area contributed by atoms with Gasteiger partial charge >= 0.3 is 10.4 Å². The molecule has 1 aromatic carbocycles. The van der Waals surface area contributed by atoms with Crippen LogP contribution in [0.1, 0.15) is 23.2 Å². The van der Waals surface area contributed by atoms with Crippen molar-refractivity contribution in [3.05, 3.63) is 23.8 Å². The molecule has 3 rings (SSSR count). The Balaban J connectivity index is 1.72. The van der Waals surface area contributed by atoms with Gasteiger partial charge in [0.1, 0.15) is 5.75 Å². The summed E-state index contributed by atoms with van der Waals surface area (Å²) < 4.78 is 40.6. The van der Waals surface area contributed by atoms with Gasteiger partial charge in [-0.25, -0.2) is 0 Å². The average Bonchev–Trinajstić information content (AvgIpc) is 2.52. The number of piperidine rings is 1. The van der Waals surface area contributed by atoms with Crippen LogP contribution in [-0.2, 0) is 15.2 Å².